The molecule has 0 radical (unpaired) electrons. The van der Waals surface area contributed by atoms with Crippen molar-refractivity contribution in [3.63, 3.8) is 0 Å². The minimum Gasteiger partial charge on any atom is -0.460 e. The van der Waals surface area contributed by atoms with Crippen molar-refractivity contribution in [2.24, 2.45) is 0 Å². The van der Waals surface area contributed by atoms with Crippen molar-refractivity contribution in [1.29, 1.82) is 0 Å². The van der Waals surface area contributed by atoms with E-state index >= 15 is 0 Å². The van der Waals surface area contributed by atoms with Gasteiger partial charge in [0.25, 0.3) is 0 Å². The Kier molecular flexibility index (Phi) is 4.68. The zero-order valence-electron chi connectivity index (χ0n) is 12.5. The van der Waals surface area contributed by atoms with E-state index in [0.29, 0.717) is 0 Å². The Morgan fingerprint density at radius 3 is 1.52 bits per heavy atom. The first kappa shape index (κ1) is 15.2. The van der Waals surface area contributed by atoms with Gasteiger partial charge >= 0.3 is 11.9 Å². The normalized spacial score (nSPS) is 19.0. The zero-order chi connectivity index (χ0) is 16.1. The van der Waals surface area contributed by atoms with Crippen molar-refractivity contribution in [3.8, 4) is 0 Å². The summed E-state index contributed by atoms with van der Waals surface area (Å²) in [5.74, 6) is -0.869. The molecule has 1 saturated heterocycles. The van der Waals surface area contributed by atoms with Gasteiger partial charge in [-0.25, -0.2) is 0 Å². The van der Waals surface area contributed by atoms with Crippen molar-refractivity contribution in [2.75, 3.05) is 0 Å². The van der Waals surface area contributed by atoms with Gasteiger partial charge in [-0.2, -0.15) is 0 Å². The molecule has 1 fully saturated rings. The predicted octanol–water partition coefficient (Wildman–Crippen LogP) is 1.81. The SMILES string of the molecule is O=C(OCc1ccccc1)[C@@H]1N[C@H]1C(=O)OCc1ccccc1. The maximum Gasteiger partial charge on any atom is 0.325 e. The molecule has 1 heterocycles. The molecule has 2 aromatic rings. The molecule has 1 N–H and O–H groups in total. The third-order valence-electron chi connectivity index (χ3n) is 3.54. The molecule has 5 heteroatoms. The van der Waals surface area contributed by atoms with Crippen LogP contribution in [0, 0.1) is 0 Å². The maximum absolute atomic E-state index is 11.9. The van der Waals surface area contributed by atoms with Gasteiger partial charge in [-0.3, -0.25) is 14.9 Å². The first-order chi connectivity index (χ1) is 11.2. The highest BCUT2D eigenvalue weighted by molar-refractivity contribution is 5.92. The Hall–Kier alpha value is -2.66. The highest BCUT2D eigenvalue weighted by Gasteiger charge is 2.50. The minimum absolute atomic E-state index is 0.198. The van der Waals surface area contributed by atoms with Crippen LogP contribution >= 0.6 is 0 Å². The fourth-order valence-electron chi connectivity index (χ4n) is 2.18. The number of nitrogens with one attached hydrogen (secondary N) is 1. The molecule has 118 valence electrons. The highest BCUT2D eigenvalue weighted by atomic mass is 16.5. The first-order valence-electron chi connectivity index (χ1n) is 7.41. The number of carbonyl (C=O) groups excluding carboxylic acids is 2. The molecule has 2 atom stereocenters. The molecule has 0 unspecified atom stereocenters. The van der Waals surface area contributed by atoms with E-state index in [2.05, 4.69) is 5.32 Å². The molecule has 3 rings (SSSR count). The summed E-state index contributed by atoms with van der Waals surface area (Å²) >= 11 is 0. The average Bonchev–Trinajstić information content (AvgIpc) is 3.40. The molecule has 1 aliphatic heterocycles. The van der Waals surface area contributed by atoms with Crippen LogP contribution in [0.25, 0.3) is 0 Å². The lowest BCUT2D eigenvalue weighted by Crippen LogP contribution is -2.20. The van der Waals surface area contributed by atoms with Gasteiger partial charge in [0.05, 0.1) is 0 Å². The second-order valence-corrected chi connectivity index (χ2v) is 5.31. The summed E-state index contributed by atoms with van der Waals surface area (Å²) in [6.07, 6.45) is 0. The second kappa shape index (κ2) is 7.07. The molecule has 0 bridgehead atoms. The number of ether oxygens (including phenoxy) is 2. The quantitative estimate of drug-likeness (QED) is 0.650. The van der Waals surface area contributed by atoms with Crippen LogP contribution in [0.1, 0.15) is 11.1 Å². The lowest BCUT2D eigenvalue weighted by Gasteiger charge is -2.04. The Bertz CT molecular complexity index is 612. The molecule has 1 aliphatic rings. The van der Waals surface area contributed by atoms with E-state index in [1.54, 1.807) is 0 Å². The van der Waals surface area contributed by atoms with E-state index in [9.17, 15) is 9.59 Å². The number of rotatable bonds is 6. The average molecular weight is 311 g/mol. The van der Waals surface area contributed by atoms with Crippen molar-refractivity contribution in [3.05, 3.63) is 71.8 Å². The third-order valence-corrected chi connectivity index (χ3v) is 3.54. The fourth-order valence-corrected chi connectivity index (χ4v) is 2.18. The topological polar surface area (TPSA) is 74.5 Å². The zero-order valence-corrected chi connectivity index (χ0v) is 12.5. The van der Waals surface area contributed by atoms with Gasteiger partial charge in [-0.1, -0.05) is 60.7 Å². The Morgan fingerprint density at radius 1 is 0.739 bits per heavy atom. The van der Waals surface area contributed by atoms with Crippen LogP contribution in [0.5, 0.6) is 0 Å². The van der Waals surface area contributed by atoms with Gasteiger partial charge in [0, 0.05) is 0 Å². The van der Waals surface area contributed by atoms with E-state index in [0.717, 1.165) is 11.1 Å². The smallest absolute Gasteiger partial charge is 0.325 e. The summed E-state index contributed by atoms with van der Waals surface area (Å²) in [5, 5.41) is 2.79. The Labute approximate surface area is 134 Å². The molecule has 2 aromatic carbocycles. The van der Waals surface area contributed by atoms with Crippen molar-refractivity contribution in [2.45, 2.75) is 25.3 Å². The molecule has 0 spiro atoms. The molecule has 0 aliphatic carbocycles. The van der Waals surface area contributed by atoms with Crippen LogP contribution in [0.3, 0.4) is 0 Å². The largest absolute Gasteiger partial charge is 0.460 e. The van der Waals surface area contributed by atoms with Crippen LogP contribution in [-0.4, -0.2) is 24.0 Å². The van der Waals surface area contributed by atoms with E-state index < -0.39 is 24.0 Å². The van der Waals surface area contributed by atoms with Gasteiger partial charge in [0.15, 0.2) is 0 Å². The van der Waals surface area contributed by atoms with Crippen molar-refractivity contribution in [1.82, 2.24) is 5.32 Å². The monoisotopic (exact) mass is 311 g/mol. The lowest BCUT2D eigenvalue weighted by molar-refractivity contribution is -0.148. The number of hydrogen-bond acceptors (Lipinski definition) is 5. The number of carbonyl (C=O) groups is 2. The Morgan fingerprint density at radius 2 is 1.13 bits per heavy atom. The van der Waals surface area contributed by atoms with Crippen LogP contribution in [0.4, 0.5) is 0 Å². The first-order valence-corrected chi connectivity index (χ1v) is 7.41. The van der Waals surface area contributed by atoms with Gasteiger partial charge in [-0.05, 0) is 11.1 Å². The van der Waals surface area contributed by atoms with E-state index in [1.807, 2.05) is 60.7 Å². The van der Waals surface area contributed by atoms with Gasteiger partial charge < -0.3 is 9.47 Å². The van der Waals surface area contributed by atoms with Gasteiger partial charge in [-0.15, -0.1) is 0 Å². The molecular weight excluding hydrogens is 294 g/mol. The van der Waals surface area contributed by atoms with Crippen LogP contribution in [0.15, 0.2) is 60.7 Å². The summed E-state index contributed by atoms with van der Waals surface area (Å²) in [5.41, 5.74) is 1.81. The fraction of sp³-hybridized carbons (Fsp3) is 0.222. The van der Waals surface area contributed by atoms with Crippen LogP contribution in [-0.2, 0) is 32.3 Å². The van der Waals surface area contributed by atoms with Crippen LogP contribution < -0.4 is 5.32 Å². The summed E-state index contributed by atoms with van der Waals surface area (Å²) in [4.78, 5) is 23.8. The number of hydrogen-bond donors (Lipinski definition) is 1. The summed E-state index contributed by atoms with van der Waals surface area (Å²) in [6.45, 7) is 0.396. The summed E-state index contributed by atoms with van der Waals surface area (Å²) < 4.78 is 10.4. The third kappa shape index (κ3) is 4.17. The van der Waals surface area contributed by atoms with E-state index in [4.69, 9.17) is 9.47 Å². The molecule has 23 heavy (non-hydrogen) atoms. The standard InChI is InChI=1S/C18H17NO4/c20-17(22-11-13-7-3-1-4-8-13)15-16(19-15)18(21)23-12-14-9-5-2-6-10-14/h1-10,15-16,19H,11-12H2/t15-,16-/m1/s1. The molecule has 5 nitrogen and oxygen atoms in total. The van der Waals surface area contributed by atoms with Crippen LogP contribution in [0.2, 0.25) is 0 Å². The van der Waals surface area contributed by atoms with Crippen molar-refractivity contribution >= 4 is 11.9 Å². The summed E-state index contributed by atoms with van der Waals surface area (Å²) in [7, 11) is 0. The minimum atomic E-state index is -0.609. The highest BCUT2D eigenvalue weighted by Crippen LogP contribution is 2.16. The molecular formula is C18H17NO4. The van der Waals surface area contributed by atoms with Gasteiger partial charge in [0.1, 0.15) is 25.3 Å². The van der Waals surface area contributed by atoms with E-state index in [1.165, 1.54) is 0 Å². The number of esters is 2. The Balaban J connectivity index is 1.41. The van der Waals surface area contributed by atoms with Crippen molar-refractivity contribution < 1.29 is 19.1 Å². The maximum atomic E-state index is 11.9. The number of benzene rings is 2. The van der Waals surface area contributed by atoms with E-state index in [-0.39, 0.29) is 13.2 Å². The van der Waals surface area contributed by atoms with Gasteiger partial charge in [0.2, 0.25) is 0 Å². The predicted molar refractivity (Wildman–Crippen MR) is 83.2 cm³/mol. The summed E-state index contributed by atoms with van der Waals surface area (Å²) in [6, 6.07) is 17.6. The molecule has 0 amide bonds. The lowest BCUT2D eigenvalue weighted by atomic mass is 10.2. The molecule has 0 saturated carbocycles. The molecule has 0 aromatic heterocycles. The second-order valence-electron chi connectivity index (χ2n) is 5.31.